The van der Waals surface area contributed by atoms with E-state index < -0.39 is 0 Å². The van der Waals surface area contributed by atoms with E-state index in [1.54, 1.807) is 0 Å². The Bertz CT molecular complexity index is 572. The van der Waals surface area contributed by atoms with Crippen molar-refractivity contribution in [2.24, 2.45) is 11.3 Å². The van der Waals surface area contributed by atoms with Crippen molar-refractivity contribution in [1.29, 1.82) is 0 Å². The average molecular weight is 298 g/mol. The van der Waals surface area contributed by atoms with E-state index in [1.165, 1.54) is 25.1 Å². The molecule has 1 aliphatic heterocycles. The number of carbonyl (C=O) groups is 1. The molecule has 3 heteroatoms. The fourth-order valence-electron chi connectivity index (χ4n) is 4.19. The molecule has 1 saturated heterocycles. The molecular formula is C19H26N2O. The van der Waals surface area contributed by atoms with E-state index in [4.69, 9.17) is 0 Å². The van der Waals surface area contributed by atoms with E-state index in [0.29, 0.717) is 5.92 Å². The van der Waals surface area contributed by atoms with Gasteiger partial charge in [0.05, 0.1) is 11.5 Å². The third-order valence-corrected chi connectivity index (χ3v) is 5.99. The summed E-state index contributed by atoms with van der Waals surface area (Å²) in [6.45, 7) is 7.92. The van der Waals surface area contributed by atoms with Crippen LogP contribution in [0.3, 0.4) is 0 Å². The van der Waals surface area contributed by atoms with E-state index in [1.807, 2.05) is 6.07 Å². The maximum atomic E-state index is 12.8. The van der Waals surface area contributed by atoms with Crippen LogP contribution in [0.25, 0.3) is 0 Å². The molecule has 2 atom stereocenters. The number of hydrogen-bond acceptors (Lipinski definition) is 2. The summed E-state index contributed by atoms with van der Waals surface area (Å²) in [5.41, 5.74) is 1.48. The van der Waals surface area contributed by atoms with Crippen molar-refractivity contribution < 1.29 is 4.79 Å². The first-order valence-electron chi connectivity index (χ1n) is 8.61. The van der Waals surface area contributed by atoms with Crippen LogP contribution in [0.1, 0.15) is 44.6 Å². The molecule has 0 spiro atoms. The minimum absolute atomic E-state index is 0.0816. The maximum Gasteiger partial charge on any atom is 0.224 e. The number of carbonyl (C=O) groups excluding carboxylic acids is 1. The zero-order chi connectivity index (χ0) is 15.4. The molecule has 1 N–H and O–H groups in total. The Labute approximate surface area is 133 Å². The maximum absolute atomic E-state index is 12.8. The van der Waals surface area contributed by atoms with Crippen molar-refractivity contribution in [2.75, 3.05) is 19.6 Å². The lowest BCUT2D eigenvalue weighted by atomic mass is 10.0. The molecule has 22 heavy (non-hydrogen) atoms. The number of benzene rings is 1. The molecule has 118 valence electrons. The number of amides is 1. The van der Waals surface area contributed by atoms with Crippen molar-refractivity contribution in [3.05, 3.63) is 35.9 Å². The summed E-state index contributed by atoms with van der Waals surface area (Å²) < 4.78 is 0. The molecular weight excluding hydrogens is 272 g/mol. The van der Waals surface area contributed by atoms with Crippen molar-refractivity contribution >= 4 is 5.91 Å². The minimum atomic E-state index is 0.0816. The third-order valence-electron chi connectivity index (χ3n) is 5.99. The second-order valence-corrected chi connectivity index (χ2v) is 8.09. The normalized spacial score (nSPS) is 31.2. The zero-order valence-electron chi connectivity index (χ0n) is 13.6. The Hall–Kier alpha value is -1.35. The molecule has 1 aromatic carbocycles. The van der Waals surface area contributed by atoms with E-state index in [0.717, 1.165) is 19.4 Å². The standard InChI is InChI=1S/C19H26N2O/c1-18(2)15(14-7-4-3-5-8-14)16(18)17(22)20-19(9-10-19)13-21-11-6-12-21/h3-5,7-8,15-16H,6,9-13H2,1-2H3,(H,20,22)/t15-,16+/m0/s1. The second kappa shape index (κ2) is 4.82. The van der Waals surface area contributed by atoms with Crippen molar-refractivity contribution in [3.8, 4) is 0 Å². The van der Waals surface area contributed by atoms with Gasteiger partial charge in [-0.1, -0.05) is 44.2 Å². The van der Waals surface area contributed by atoms with Gasteiger partial charge in [0, 0.05) is 12.5 Å². The van der Waals surface area contributed by atoms with Crippen LogP contribution in [0.15, 0.2) is 30.3 Å². The molecule has 3 aliphatic rings. The van der Waals surface area contributed by atoms with Crippen LogP contribution in [0, 0.1) is 11.3 Å². The van der Waals surface area contributed by atoms with Gasteiger partial charge in [0.15, 0.2) is 0 Å². The molecule has 0 aromatic heterocycles. The SMILES string of the molecule is CC1(C)[C@@H](C(=O)NC2(CN3CCC3)CC2)[C@@H]1c1ccccc1. The Morgan fingerprint density at radius 1 is 1.23 bits per heavy atom. The van der Waals surface area contributed by atoms with Gasteiger partial charge in [0.2, 0.25) is 5.91 Å². The number of nitrogens with zero attached hydrogens (tertiary/aromatic N) is 1. The summed E-state index contributed by atoms with van der Waals surface area (Å²) >= 11 is 0. The lowest BCUT2D eigenvalue weighted by Gasteiger charge is -2.34. The minimum Gasteiger partial charge on any atom is -0.349 e. The molecule has 1 amide bonds. The third kappa shape index (κ3) is 2.36. The van der Waals surface area contributed by atoms with Crippen molar-refractivity contribution in [3.63, 3.8) is 0 Å². The van der Waals surface area contributed by atoms with Gasteiger partial charge >= 0.3 is 0 Å². The zero-order valence-corrected chi connectivity index (χ0v) is 13.6. The largest absolute Gasteiger partial charge is 0.349 e. The van der Waals surface area contributed by atoms with Gasteiger partial charge < -0.3 is 10.2 Å². The van der Waals surface area contributed by atoms with Crippen LogP contribution in [0.5, 0.6) is 0 Å². The predicted octanol–water partition coefficient (Wildman–Crippen LogP) is 2.78. The molecule has 4 rings (SSSR count). The molecule has 2 aliphatic carbocycles. The van der Waals surface area contributed by atoms with Crippen LogP contribution in [0.2, 0.25) is 0 Å². The second-order valence-electron chi connectivity index (χ2n) is 8.09. The average Bonchev–Trinajstić information content (AvgIpc) is 3.32. The highest BCUT2D eigenvalue weighted by Crippen LogP contribution is 2.64. The summed E-state index contributed by atoms with van der Waals surface area (Å²) in [4.78, 5) is 15.3. The quantitative estimate of drug-likeness (QED) is 0.906. The van der Waals surface area contributed by atoms with Crippen LogP contribution < -0.4 is 5.32 Å². The Kier molecular flexibility index (Phi) is 3.12. The molecule has 2 saturated carbocycles. The van der Waals surface area contributed by atoms with E-state index >= 15 is 0 Å². The lowest BCUT2D eigenvalue weighted by molar-refractivity contribution is -0.124. The summed E-state index contributed by atoms with van der Waals surface area (Å²) in [6.07, 6.45) is 3.62. The van der Waals surface area contributed by atoms with Gasteiger partial charge in [-0.25, -0.2) is 0 Å². The van der Waals surface area contributed by atoms with Gasteiger partial charge in [-0.15, -0.1) is 0 Å². The van der Waals surface area contributed by atoms with Crippen LogP contribution >= 0.6 is 0 Å². The highest BCUT2D eigenvalue weighted by atomic mass is 16.2. The molecule has 3 fully saturated rings. The molecule has 0 radical (unpaired) electrons. The lowest BCUT2D eigenvalue weighted by Crippen LogP contribution is -2.50. The van der Waals surface area contributed by atoms with E-state index in [-0.39, 0.29) is 22.8 Å². The van der Waals surface area contributed by atoms with Gasteiger partial charge in [-0.3, -0.25) is 4.79 Å². The fraction of sp³-hybridized carbons (Fsp3) is 0.632. The van der Waals surface area contributed by atoms with Gasteiger partial charge in [0.25, 0.3) is 0 Å². The molecule has 1 aromatic rings. The molecule has 3 nitrogen and oxygen atoms in total. The summed E-state index contributed by atoms with van der Waals surface area (Å²) in [5.74, 6) is 0.772. The summed E-state index contributed by atoms with van der Waals surface area (Å²) in [6, 6.07) is 10.5. The predicted molar refractivity (Wildman–Crippen MR) is 87.6 cm³/mol. The molecule has 1 heterocycles. The van der Waals surface area contributed by atoms with E-state index in [9.17, 15) is 4.79 Å². The highest BCUT2D eigenvalue weighted by molar-refractivity contribution is 5.85. The smallest absolute Gasteiger partial charge is 0.224 e. The van der Waals surface area contributed by atoms with Gasteiger partial charge in [-0.2, -0.15) is 0 Å². The van der Waals surface area contributed by atoms with Crippen LogP contribution in [-0.4, -0.2) is 36.0 Å². The summed E-state index contributed by atoms with van der Waals surface area (Å²) in [7, 11) is 0. The van der Waals surface area contributed by atoms with Gasteiger partial charge in [-0.05, 0) is 43.3 Å². The Morgan fingerprint density at radius 3 is 2.45 bits per heavy atom. The van der Waals surface area contributed by atoms with Crippen molar-refractivity contribution in [1.82, 2.24) is 10.2 Å². The van der Waals surface area contributed by atoms with Gasteiger partial charge in [0.1, 0.15) is 0 Å². The number of hydrogen-bond donors (Lipinski definition) is 1. The van der Waals surface area contributed by atoms with Crippen LogP contribution in [-0.2, 0) is 4.79 Å². The fourth-order valence-corrected chi connectivity index (χ4v) is 4.19. The Balaban J connectivity index is 1.42. The van der Waals surface area contributed by atoms with E-state index in [2.05, 4.69) is 48.3 Å². The molecule has 0 bridgehead atoms. The number of rotatable bonds is 5. The first-order valence-corrected chi connectivity index (χ1v) is 8.61. The topological polar surface area (TPSA) is 32.3 Å². The van der Waals surface area contributed by atoms with Crippen LogP contribution in [0.4, 0.5) is 0 Å². The first-order chi connectivity index (χ1) is 10.5. The Morgan fingerprint density at radius 2 is 1.91 bits per heavy atom. The molecule has 0 unspecified atom stereocenters. The number of likely N-dealkylation sites (tertiary alicyclic amines) is 1. The van der Waals surface area contributed by atoms with Crippen molar-refractivity contribution in [2.45, 2.75) is 44.6 Å². The first kappa shape index (κ1) is 14.3. The highest BCUT2D eigenvalue weighted by Gasteiger charge is 2.63. The summed E-state index contributed by atoms with van der Waals surface area (Å²) in [5, 5.41) is 3.40. The monoisotopic (exact) mass is 298 g/mol. The number of nitrogens with one attached hydrogen (secondary N) is 1.